The molecule has 12 heteroatoms. The first kappa shape index (κ1) is 24.7. The molecule has 0 amide bonds. The zero-order chi connectivity index (χ0) is 24.6. The Bertz CT molecular complexity index is 1400. The minimum atomic E-state index is -4.08. The third-order valence-corrected chi connectivity index (χ3v) is 8.09. The predicted octanol–water partition coefficient (Wildman–Crippen LogP) is 2.36. The van der Waals surface area contributed by atoms with E-state index in [4.69, 9.17) is 4.74 Å². The second-order valence-corrected chi connectivity index (χ2v) is 11.4. The van der Waals surface area contributed by atoms with E-state index in [1.54, 1.807) is 37.3 Å². The minimum Gasteiger partial charge on any atom is -0.462 e. The Morgan fingerprint density at radius 3 is 2.15 bits per heavy atom. The Balaban J connectivity index is 2.46. The van der Waals surface area contributed by atoms with E-state index in [0.717, 1.165) is 12.6 Å². The van der Waals surface area contributed by atoms with Crippen molar-refractivity contribution in [2.45, 2.75) is 6.92 Å². The highest BCUT2D eigenvalue weighted by atomic mass is 32.2. The van der Waals surface area contributed by atoms with Gasteiger partial charge in [-0.1, -0.05) is 30.3 Å². The number of nitrogens with one attached hydrogen (secondary N) is 1. The van der Waals surface area contributed by atoms with E-state index in [2.05, 4.69) is 4.72 Å². The van der Waals surface area contributed by atoms with Crippen molar-refractivity contribution >= 4 is 43.0 Å². The Labute approximate surface area is 193 Å². The SMILES string of the molecule is CCOC(=O)c1c(-c2ccccc2)n(S(=O)(=O)N(C)C)c2ccc(NS(=O)(=O)N(C)C)cc12. The number of carbonyl (C=O) groups excluding carboxylic acids is 1. The summed E-state index contributed by atoms with van der Waals surface area (Å²) >= 11 is 0. The summed E-state index contributed by atoms with van der Waals surface area (Å²) in [4.78, 5) is 13.1. The summed E-state index contributed by atoms with van der Waals surface area (Å²) in [6.45, 7) is 1.72. The van der Waals surface area contributed by atoms with Gasteiger partial charge in [0.05, 0.1) is 29.1 Å². The van der Waals surface area contributed by atoms with Crippen molar-refractivity contribution in [3.63, 3.8) is 0 Å². The summed E-state index contributed by atoms with van der Waals surface area (Å²) in [5.74, 6) is -0.721. The molecular weight excluding hydrogens is 468 g/mol. The third kappa shape index (κ3) is 4.60. The molecule has 0 saturated carbocycles. The van der Waals surface area contributed by atoms with Gasteiger partial charge >= 0.3 is 26.4 Å². The van der Waals surface area contributed by atoms with Crippen LogP contribution in [0.4, 0.5) is 5.69 Å². The lowest BCUT2D eigenvalue weighted by Gasteiger charge is -2.17. The summed E-state index contributed by atoms with van der Waals surface area (Å²) in [6.07, 6.45) is 0. The van der Waals surface area contributed by atoms with E-state index < -0.39 is 26.4 Å². The molecule has 10 nitrogen and oxygen atoms in total. The first-order chi connectivity index (χ1) is 15.4. The second-order valence-electron chi connectivity index (χ2n) is 7.49. The molecule has 0 unspecified atom stereocenters. The number of rotatable bonds is 8. The number of ether oxygens (including phenoxy) is 1. The van der Waals surface area contributed by atoms with Gasteiger partial charge in [0.1, 0.15) is 0 Å². The van der Waals surface area contributed by atoms with Crippen molar-refractivity contribution in [3.8, 4) is 11.3 Å². The maximum atomic E-state index is 13.4. The molecule has 1 heterocycles. The van der Waals surface area contributed by atoms with E-state index in [0.29, 0.717) is 5.56 Å². The van der Waals surface area contributed by atoms with Crippen molar-refractivity contribution in [3.05, 3.63) is 54.1 Å². The Hall–Kier alpha value is -2.93. The number of carbonyl (C=O) groups is 1. The van der Waals surface area contributed by atoms with Crippen LogP contribution < -0.4 is 4.72 Å². The molecule has 0 radical (unpaired) electrons. The highest BCUT2D eigenvalue weighted by Crippen LogP contribution is 2.37. The van der Waals surface area contributed by atoms with Crippen LogP contribution in [0.5, 0.6) is 0 Å². The van der Waals surface area contributed by atoms with Crippen LogP contribution in [0.2, 0.25) is 0 Å². The highest BCUT2D eigenvalue weighted by molar-refractivity contribution is 7.90. The molecule has 3 rings (SSSR count). The van der Waals surface area contributed by atoms with E-state index in [-0.39, 0.29) is 34.5 Å². The molecule has 2 aromatic carbocycles. The quantitative estimate of drug-likeness (QED) is 0.481. The molecule has 0 atom stereocenters. The summed E-state index contributed by atoms with van der Waals surface area (Å²) < 4.78 is 62.1. The lowest BCUT2D eigenvalue weighted by atomic mass is 10.1. The summed E-state index contributed by atoms with van der Waals surface area (Å²) in [7, 11) is -2.38. The zero-order valence-electron chi connectivity index (χ0n) is 18.9. The molecule has 1 aromatic heterocycles. The average Bonchev–Trinajstić information content (AvgIpc) is 3.09. The van der Waals surface area contributed by atoms with Gasteiger partial charge in [-0.2, -0.15) is 25.4 Å². The van der Waals surface area contributed by atoms with Crippen LogP contribution in [0, 0.1) is 0 Å². The van der Waals surface area contributed by atoms with Gasteiger partial charge in [0.15, 0.2) is 0 Å². The van der Waals surface area contributed by atoms with E-state index in [9.17, 15) is 21.6 Å². The van der Waals surface area contributed by atoms with Crippen LogP contribution in [0.25, 0.3) is 22.2 Å². The fourth-order valence-electron chi connectivity index (χ4n) is 3.24. The van der Waals surface area contributed by atoms with Gasteiger partial charge in [0, 0.05) is 39.1 Å². The van der Waals surface area contributed by atoms with Gasteiger partial charge in [0.2, 0.25) is 0 Å². The largest absolute Gasteiger partial charge is 0.462 e. The zero-order valence-corrected chi connectivity index (χ0v) is 20.6. The van der Waals surface area contributed by atoms with Crippen LogP contribution in [0.3, 0.4) is 0 Å². The van der Waals surface area contributed by atoms with E-state index in [1.165, 1.54) is 46.4 Å². The molecule has 0 aliphatic rings. The standard InChI is InChI=1S/C21H26N4O6S2/c1-6-31-21(26)19-17-14-16(22-32(27,28)23(2)3)12-13-18(17)25(33(29,30)24(4)5)20(19)15-10-8-7-9-11-15/h7-14,22H,6H2,1-5H3. The molecular formula is C21H26N4O6S2. The molecule has 0 saturated heterocycles. The maximum Gasteiger partial charge on any atom is 0.341 e. The molecule has 0 bridgehead atoms. The predicted molar refractivity (Wildman–Crippen MR) is 128 cm³/mol. The van der Waals surface area contributed by atoms with E-state index in [1.807, 2.05) is 0 Å². The third-order valence-electron chi connectivity index (χ3n) is 4.87. The first-order valence-corrected chi connectivity index (χ1v) is 12.8. The number of anilines is 1. The number of hydrogen-bond acceptors (Lipinski definition) is 6. The summed E-state index contributed by atoms with van der Waals surface area (Å²) in [5.41, 5.74) is 1.01. The Morgan fingerprint density at radius 1 is 0.970 bits per heavy atom. The van der Waals surface area contributed by atoms with Crippen molar-refractivity contribution in [2.24, 2.45) is 0 Å². The number of nitrogens with zero attached hydrogens (tertiary/aromatic N) is 3. The number of hydrogen-bond donors (Lipinski definition) is 1. The molecule has 178 valence electrons. The lowest BCUT2D eigenvalue weighted by molar-refractivity contribution is 0.0529. The van der Waals surface area contributed by atoms with Crippen molar-refractivity contribution < 1.29 is 26.4 Å². The fourth-order valence-corrected chi connectivity index (χ4v) is 5.01. The molecule has 3 aromatic rings. The van der Waals surface area contributed by atoms with Crippen molar-refractivity contribution in [1.29, 1.82) is 0 Å². The molecule has 0 aliphatic heterocycles. The minimum absolute atomic E-state index is 0.0226. The maximum absolute atomic E-state index is 13.4. The van der Waals surface area contributed by atoms with Crippen molar-refractivity contribution in [1.82, 2.24) is 12.6 Å². The topological polar surface area (TPSA) is 118 Å². The van der Waals surface area contributed by atoms with E-state index >= 15 is 0 Å². The lowest BCUT2D eigenvalue weighted by Crippen LogP contribution is -2.29. The van der Waals surface area contributed by atoms with Crippen LogP contribution in [0.1, 0.15) is 17.3 Å². The molecule has 0 aliphatic carbocycles. The number of benzene rings is 2. The number of aromatic nitrogens is 1. The van der Waals surface area contributed by atoms with Gasteiger partial charge < -0.3 is 4.74 Å². The monoisotopic (exact) mass is 494 g/mol. The van der Waals surface area contributed by atoms with Gasteiger partial charge in [0.25, 0.3) is 0 Å². The van der Waals surface area contributed by atoms with Crippen molar-refractivity contribution in [2.75, 3.05) is 39.5 Å². The smallest absolute Gasteiger partial charge is 0.341 e. The molecule has 33 heavy (non-hydrogen) atoms. The molecule has 1 N–H and O–H groups in total. The fraction of sp³-hybridized carbons (Fsp3) is 0.286. The van der Waals surface area contributed by atoms with Crippen LogP contribution in [0.15, 0.2) is 48.5 Å². The van der Waals surface area contributed by atoms with Gasteiger partial charge in [-0.3, -0.25) is 4.72 Å². The van der Waals surface area contributed by atoms with Crippen LogP contribution >= 0.6 is 0 Å². The van der Waals surface area contributed by atoms with Crippen LogP contribution in [-0.4, -0.2) is 70.2 Å². The van der Waals surface area contributed by atoms with Crippen LogP contribution in [-0.2, 0) is 25.2 Å². The van der Waals surface area contributed by atoms with Gasteiger partial charge in [-0.15, -0.1) is 0 Å². The average molecular weight is 495 g/mol. The Kier molecular flexibility index (Phi) is 6.84. The number of fused-ring (bicyclic) bond motifs is 1. The highest BCUT2D eigenvalue weighted by Gasteiger charge is 2.32. The molecule has 0 fully saturated rings. The summed E-state index contributed by atoms with van der Waals surface area (Å²) in [5, 5.41) is 0.233. The van der Waals surface area contributed by atoms with Gasteiger partial charge in [-0.05, 0) is 25.1 Å². The second kappa shape index (κ2) is 9.14. The van der Waals surface area contributed by atoms with Gasteiger partial charge in [-0.25, -0.2) is 8.77 Å². The normalized spacial score (nSPS) is 12.5. The first-order valence-electron chi connectivity index (χ1n) is 9.96. The number of esters is 1. The Morgan fingerprint density at radius 2 is 1.61 bits per heavy atom. The molecule has 0 spiro atoms. The summed E-state index contributed by atoms with van der Waals surface area (Å²) in [6, 6.07) is 12.9.